The van der Waals surface area contributed by atoms with Gasteiger partial charge in [-0.2, -0.15) is 0 Å². The van der Waals surface area contributed by atoms with Gasteiger partial charge in [-0.15, -0.1) is 0 Å². The molecule has 0 saturated carbocycles. The fraction of sp³-hybridized carbons (Fsp3) is 0.174. The van der Waals surface area contributed by atoms with Gasteiger partial charge in [0.25, 0.3) is 0 Å². The molecule has 8 nitrogen and oxygen atoms in total. The molecule has 0 fully saturated rings. The predicted octanol–water partition coefficient (Wildman–Crippen LogP) is 4.22. The topological polar surface area (TPSA) is 99.1 Å². The number of benzene rings is 2. The Kier molecular flexibility index (Phi) is 6.76. The smallest absolute Gasteiger partial charge is 0.234 e. The number of hydrogen-bond acceptors (Lipinski definition) is 8. The first-order chi connectivity index (χ1) is 15.7. The second-order valence-electron chi connectivity index (χ2n) is 6.63. The summed E-state index contributed by atoms with van der Waals surface area (Å²) >= 11 is 1.31. The molecule has 4 rings (SSSR count). The van der Waals surface area contributed by atoms with E-state index in [1.807, 2.05) is 55.5 Å². The number of aromatic nitrogens is 4. The highest BCUT2D eigenvalue weighted by atomic mass is 32.2. The van der Waals surface area contributed by atoms with Crippen molar-refractivity contribution in [2.75, 3.05) is 24.8 Å². The zero-order valence-electron chi connectivity index (χ0n) is 17.6. The molecular weight excluding hydrogens is 426 g/mol. The molecule has 0 aliphatic heterocycles. The maximum atomic E-state index is 12.4. The average molecular weight is 448 g/mol. The van der Waals surface area contributed by atoms with Crippen LogP contribution >= 0.6 is 11.8 Å². The van der Waals surface area contributed by atoms with Crippen LogP contribution in [0.15, 0.2) is 66.1 Å². The van der Waals surface area contributed by atoms with E-state index in [0.717, 1.165) is 17.1 Å². The molecule has 0 atom stereocenters. The lowest BCUT2D eigenvalue weighted by atomic mass is 10.2. The van der Waals surface area contributed by atoms with Crippen LogP contribution in [0.25, 0.3) is 22.4 Å². The number of ether oxygens (including phenoxy) is 2. The molecule has 0 unspecified atom stereocenters. The van der Waals surface area contributed by atoms with Crippen molar-refractivity contribution in [3.05, 3.63) is 61.1 Å². The van der Waals surface area contributed by atoms with Crippen LogP contribution in [-0.2, 0) is 4.79 Å². The summed E-state index contributed by atoms with van der Waals surface area (Å²) in [6, 6.07) is 14.7. The molecule has 1 amide bonds. The third-order valence-corrected chi connectivity index (χ3v) is 5.50. The van der Waals surface area contributed by atoms with Gasteiger partial charge in [0, 0.05) is 17.4 Å². The first-order valence-corrected chi connectivity index (χ1v) is 10.9. The van der Waals surface area contributed by atoms with E-state index < -0.39 is 0 Å². The molecule has 2 aromatic heterocycles. The SMILES string of the molecule is CCOc1ccc(NC(=O)CSc2ncnc3nc(-c4ccc(OC)cc4)ncc23)cc1. The highest BCUT2D eigenvalue weighted by Crippen LogP contribution is 2.26. The summed E-state index contributed by atoms with van der Waals surface area (Å²) in [5, 5.41) is 4.22. The van der Waals surface area contributed by atoms with Gasteiger partial charge in [-0.05, 0) is 55.5 Å². The summed E-state index contributed by atoms with van der Waals surface area (Å²) in [6.45, 7) is 2.52. The molecule has 32 heavy (non-hydrogen) atoms. The lowest BCUT2D eigenvalue weighted by Crippen LogP contribution is -2.14. The van der Waals surface area contributed by atoms with Crippen LogP contribution < -0.4 is 14.8 Å². The standard InChI is InChI=1S/C23H21N5O3S/c1-3-31-18-10-6-16(7-11-18)27-20(29)13-32-23-19-12-24-21(28-22(19)25-14-26-23)15-4-8-17(30-2)9-5-15/h4-12,14H,3,13H2,1-2H3,(H,27,29). The number of nitrogens with zero attached hydrogens (tertiary/aromatic N) is 4. The zero-order valence-corrected chi connectivity index (χ0v) is 18.4. The molecule has 2 aromatic carbocycles. The molecule has 9 heteroatoms. The van der Waals surface area contributed by atoms with Gasteiger partial charge in [0.1, 0.15) is 22.9 Å². The fourth-order valence-corrected chi connectivity index (χ4v) is 3.72. The molecular formula is C23H21N5O3S. The lowest BCUT2D eigenvalue weighted by Gasteiger charge is -2.08. The Morgan fingerprint density at radius 3 is 2.47 bits per heavy atom. The Morgan fingerprint density at radius 2 is 1.75 bits per heavy atom. The summed E-state index contributed by atoms with van der Waals surface area (Å²) in [7, 11) is 1.62. The Hall–Kier alpha value is -3.72. The van der Waals surface area contributed by atoms with Gasteiger partial charge in [-0.3, -0.25) is 4.79 Å². The first-order valence-electron chi connectivity index (χ1n) is 9.94. The molecule has 2 heterocycles. The van der Waals surface area contributed by atoms with Crippen molar-refractivity contribution in [2.24, 2.45) is 0 Å². The summed E-state index contributed by atoms with van der Waals surface area (Å²) in [5.74, 6) is 2.14. The predicted molar refractivity (Wildman–Crippen MR) is 124 cm³/mol. The number of carbonyl (C=O) groups excluding carboxylic acids is 1. The minimum absolute atomic E-state index is 0.137. The van der Waals surface area contributed by atoms with Gasteiger partial charge < -0.3 is 14.8 Å². The second-order valence-corrected chi connectivity index (χ2v) is 7.60. The number of amides is 1. The Morgan fingerprint density at radius 1 is 1.00 bits per heavy atom. The zero-order chi connectivity index (χ0) is 22.3. The molecule has 0 saturated heterocycles. The Labute approximate surface area is 189 Å². The van der Waals surface area contributed by atoms with E-state index in [2.05, 4.69) is 25.3 Å². The number of thioether (sulfide) groups is 1. The number of nitrogens with one attached hydrogen (secondary N) is 1. The average Bonchev–Trinajstić information content (AvgIpc) is 2.84. The van der Waals surface area contributed by atoms with E-state index in [-0.39, 0.29) is 11.7 Å². The maximum Gasteiger partial charge on any atom is 0.234 e. The van der Waals surface area contributed by atoms with E-state index in [0.29, 0.717) is 34.2 Å². The minimum Gasteiger partial charge on any atom is -0.497 e. The molecule has 162 valence electrons. The number of anilines is 1. The third-order valence-electron chi connectivity index (χ3n) is 4.49. The van der Waals surface area contributed by atoms with Crippen LogP contribution in [0.4, 0.5) is 5.69 Å². The number of fused-ring (bicyclic) bond motifs is 1. The quantitative estimate of drug-likeness (QED) is 0.317. The van der Waals surface area contributed by atoms with Crippen LogP contribution in [-0.4, -0.2) is 45.3 Å². The monoisotopic (exact) mass is 447 g/mol. The minimum atomic E-state index is -0.137. The number of hydrogen-bond donors (Lipinski definition) is 1. The van der Waals surface area contributed by atoms with Gasteiger partial charge in [-0.1, -0.05) is 11.8 Å². The number of carbonyl (C=O) groups is 1. The second kappa shape index (κ2) is 10.1. The lowest BCUT2D eigenvalue weighted by molar-refractivity contribution is -0.113. The van der Waals surface area contributed by atoms with E-state index in [1.54, 1.807) is 13.3 Å². The van der Waals surface area contributed by atoms with E-state index in [1.165, 1.54) is 18.1 Å². The van der Waals surface area contributed by atoms with Gasteiger partial charge in [-0.25, -0.2) is 19.9 Å². The normalized spacial score (nSPS) is 10.7. The van der Waals surface area contributed by atoms with Crippen molar-refractivity contribution in [1.82, 2.24) is 19.9 Å². The van der Waals surface area contributed by atoms with Crippen LogP contribution in [0, 0.1) is 0 Å². The van der Waals surface area contributed by atoms with Gasteiger partial charge >= 0.3 is 0 Å². The van der Waals surface area contributed by atoms with E-state index in [9.17, 15) is 4.79 Å². The fourth-order valence-electron chi connectivity index (χ4n) is 2.95. The number of methoxy groups -OCH3 is 1. The summed E-state index contributed by atoms with van der Waals surface area (Å²) in [6.07, 6.45) is 3.13. The van der Waals surface area contributed by atoms with Crippen LogP contribution in [0.5, 0.6) is 11.5 Å². The van der Waals surface area contributed by atoms with E-state index >= 15 is 0 Å². The van der Waals surface area contributed by atoms with Crippen LogP contribution in [0.1, 0.15) is 6.92 Å². The first kappa shape index (κ1) is 21.5. The largest absolute Gasteiger partial charge is 0.497 e. The Balaban J connectivity index is 1.44. The van der Waals surface area contributed by atoms with Crippen molar-refractivity contribution in [2.45, 2.75) is 11.9 Å². The molecule has 0 radical (unpaired) electrons. The Bertz CT molecular complexity index is 1220. The van der Waals surface area contributed by atoms with Crippen LogP contribution in [0.3, 0.4) is 0 Å². The highest BCUT2D eigenvalue weighted by molar-refractivity contribution is 8.00. The summed E-state index contributed by atoms with van der Waals surface area (Å²) < 4.78 is 10.6. The third kappa shape index (κ3) is 5.12. The van der Waals surface area contributed by atoms with Crippen molar-refractivity contribution in [3.63, 3.8) is 0 Å². The summed E-state index contributed by atoms with van der Waals surface area (Å²) in [4.78, 5) is 29.9. The van der Waals surface area contributed by atoms with Gasteiger partial charge in [0.05, 0.1) is 24.9 Å². The van der Waals surface area contributed by atoms with Crippen molar-refractivity contribution >= 4 is 34.4 Å². The van der Waals surface area contributed by atoms with Crippen LogP contribution in [0.2, 0.25) is 0 Å². The molecule has 0 spiro atoms. The van der Waals surface area contributed by atoms with Crippen molar-refractivity contribution in [3.8, 4) is 22.9 Å². The van der Waals surface area contributed by atoms with Crippen molar-refractivity contribution < 1.29 is 14.3 Å². The van der Waals surface area contributed by atoms with Gasteiger partial charge in [0.15, 0.2) is 11.5 Å². The summed E-state index contributed by atoms with van der Waals surface area (Å²) in [5.41, 5.74) is 2.09. The van der Waals surface area contributed by atoms with Crippen molar-refractivity contribution in [1.29, 1.82) is 0 Å². The molecule has 0 bridgehead atoms. The molecule has 0 aliphatic carbocycles. The molecule has 1 N–H and O–H groups in total. The highest BCUT2D eigenvalue weighted by Gasteiger charge is 2.11. The van der Waals surface area contributed by atoms with E-state index in [4.69, 9.17) is 9.47 Å². The van der Waals surface area contributed by atoms with Gasteiger partial charge in [0.2, 0.25) is 5.91 Å². The maximum absolute atomic E-state index is 12.4. The molecule has 0 aliphatic rings. The molecule has 4 aromatic rings. The number of rotatable bonds is 8.